The van der Waals surface area contributed by atoms with Gasteiger partial charge in [0.05, 0.1) is 19.0 Å². The molecule has 23 heavy (non-hydrogen) atoms. The Bertz CT molecular complexity index is 815. The smallest absolute Gasteiger partial charge is 0.203 e. The number of methoxy groups -OCH3 is 1. The molecule has 3 aromatic rings. The van der Waals surface area contributed by atoms with Crippen LogP contribution in [0.1, 0.15) is 5.56 Å². The number of ether oxygens (including phenoxy) is 1. The summed E-state index contributed by atoms with van der Waals surface area (Å²) in [6.45, 7) is 0. The summed E-state index contributed by atoms with van der Waals surface area (Å²) in [5, 5.41) is 7.58. The van der Waals surface area contributed by atoms with E-state index in [1.807, 2.05) is 53.9 Å². The molecule has 4 nitrogen and oxygen atoms in total. The van der Waals surface area contributed by atoms with Gasteiger partial charge in [-0.2, -0.15) is 5.10 Å². The molecular weight excluding hydrogens is 330 g/mol. The van der Waals surface area contributed by atoms with Crippen molar-refractivity contribution < 1.29 is 4.74 Å². The monoisotopic (exact) mass is 343 g/mol. The van der Waals surface area contributed by atoms with Gasteiger partial charge in [0.2, 0.25) is 5.13 Å². The lowest BCUT2D eigenvalue weighted by Gasteiger charge is -2.04. The van der Waals surface area contributed by atoms with E-state index in [1.165, 1.54) is 11.3 Å². The summed E-state index contributed by atoms with van der Waals surface area (Å²) in [4.78, 5) is 4.53. The number of hydrogen-bond acceptors (Lipinski definition) is 5. The number of para-hydroxylation sites is 1. The predicted octanol–water partition coefficient (Wildman–Crippen LogP) is 4.92. The van der Waals surface area contributed by atoms with E-state index < -0.39 is 0 Å². The van der Waals surface area contributed by atoms with Crippen molar-refractivity contribution in [3.05, 3.63) is 64.5 Å². The minimum Gasteiger partial charge on any atom is -0.496 e. The van der Waals surface area contributed by atoms with E-state index in [0.717, 1.165) is 27.7 Å². The quantitative estimate of drug-likeness (QED) is 0.528. The Morgan fingerprint density at radius 3 is 2.74 bits per heavy atom. The van der Waals surface area contributed by atoms with Gasteiger partial charge in [-0.3, -0.25) is 5.43 Å². The van der Waals surface area contributed by atoms with Crippen molar-refractivity contribution in [2.24, 2.45) is 5.10 Å². The van der Waals surface area contributed by atoms with Crippen molar-refractivity contribution in [2.75, 3.05) is 12.5 Å². The normalized spacial score (nSPS) is 10.9. The number of nitrogens with one attached hydrogen (secondary N) is 1. The van der Waals surface area contributed by atoms with Crippen molar-refractivity contribution in [1.82, 2.24) is 4.98 Å². The number of halogens is 1. The summed E-state index contributed by atoms with van der Waals surface area (Å²) >= 11 is 7.34. The molecule has 0 bridgehead atoms. The summed E-state index contributed by atoms with van der Waals surface area (Å²) in [6, 6.07) is 15.2. The summed E-state index contributed by atoms with van der Waals surface area (Å²) < 4.78 is 5.36. The van der Waals surface area contributed by atoms with Crippen LogP contribution in [0.25, 0.3) is 11.3 Å². The second-order valence-corrected chi connectivity index (χ2v) is 5.95. The van der Waals surface area contributed by atoms with Gasteiger partial charge in [0.25, 0.3) is 0 Å². The molecule has 1 heterocycles. The molecule has 0 fully saturated rings. The van der Waals surface area contributed by atoms with Gasteiger partial charge in [0, 0.05) is 16.0 Å². The first-order valence-corrected chi connectivity index (χ1v) is 8.15. The molecule has 0 unspecified atom stereocenters. The van der Waals surface area contributed by atoms with Gasteiger partial charge in [-0.15, -0.1) is 11.3 Å². The molecule has 0 aliphatic carbocycles. The molecule has 2 aromatic carbocycles. The third kappa shape index (κ3) is 3.88. The molecule has 0 spiro atoms. The maximum atomic E-state index is 5.85. The van der Waals surface area contributed by atoms with Gasteiger partial charge < -0.3 is 4.74 Å². The molecule has 0 aliphatic rings. The fourth-order valence-electron chi connectivity index (χ4n) is 2.02. The average Bonchev–Trinajstić information content (AvgIpc) is 3.05. The van der Waals surface area contributed by atoms with Crippen molar-refractivity contribution in [2.45, 2.75) is 0 Å². The number of aromatic nitrogens is 1. The Morgan fingerprint density at radius 1 is 1.17 bits per heavy atom. The summed E-state index contributed by atoms with van der Waals surface area (Å²) in [7, 11) is 1.65. The van der Waals surface area contributed by atoms with Crippen LogP contribution in [-0.4, -0.2) is 18.3 Å². The first-order valence-electron chi connectivity index (χ1n) is 6.90. The Hall–Kier alpha value is -2.37. The zero-order valence-corrected chi connectivity index (χ0v) is 13.9. The highest BCUT2D eigenvalue weighted by molar-refractivity contribution is 7.14. The molecule has 0 aliphatic heterocycles. The molecule has 0 radical (unpaired) electrons. The van der Waals surface area contributed by atoms with Gasteiger partial charge in [0.15, 0.2) is 0 Å². The van der Waals surface area contributed by atoms with Crippen molar-refractivity contribution in [1.29, 1.82) is 0 Å². The molecular formula is C17H14ClN3OS. The van der Waals surface area contributed by atoms with Crippen LogP contribution in [0, 0.1) is 0 Å². The van der Waals surface area contributed by atoms with E-state index in [9.17, 15) is 0 Å². The topological polar surface area (TPSA) is 46.5 Å². The van der Waals surface area contributed by atoms with Crippen LogP contribution in [0.5, 0.6) is 5.75 Å². The lowest BCUT2D eigenvalue weighted by molar-refractivity contribution is 0.416. The van der Waals surface area contributed by atoms with E-state index in [0.29, 0.717) is 5.02 Å². The third-order valence-corrected chi connectivity index (χ3v) is 4.13. The summed E-state index contributed by atoms with van der Waals surface area (Å²) in [5.74, 6) is 0.800. The highest BCUT2D eigenvalue weighted by Crippen LogP contribution is 2.31. The maximum Gasteiger partial charge on any atom is 0.203 e. The average molecular weight is 344 g/mol. The zero-order valence-electron chi connectivity index (χ0n) is 12.4. The number of hydrogen-bond donors (Lipinski definition) is 1. The van der Waals surface area contributed by atoms with E-state index in [-0.39, 0.29) is 0 Å². The molecule has 116 valence electrons. The Morgan fingerprint density at radius 2 is 1.96 bits per heavy atom. The third-order valence-electron chi connectivity index (χ3n) is 3.13. The summed E-state index contributed by atoms with van der Waals surface area (Å²) in [5.41, 5.74) is 5.72. The van der Waals surface area contributed by atoms with Crippen molar-refractivity contribution in [3.8, 4) is 17.0 Å². The molecule has 0 atom stereocenters. The highest BCUT2D eigenvalue weighted by atomic mass is 35.5. The molecule has 1 aromatic heterocycles. The standard InChI is InChI=1S/C17H14ClN3OS/c1-22-16-5-3-2-4-14(16)15-11-23-17(20-15)21-19-10-12-6-8-13(18)9-7-12/h2-11H,1H3,(H,20,21)/b19-10-. The van der Waals surface area contributed by atoms with Crippen LogP contribution < -0.4 is 10.2 Å². The van der Waals surface area contributed by atoms with Crippen LogP contribution in [0.15, 0.2) is 59.0 Å². The first kappa shape index (κ1) is 15.5. The number of hydrazone groups is 1. The fraction of sp³-hybridized carbons (Fsp3) is 0.0588. The SMILES string of the molecule is COc1ccccc1-c1csc(N/N=C\c2ccc(Cl)cc2)n1. The van der Waals surface area contributed by atoms with Crippen molar-refractivity contribution >= 4 is 34.3 Å². The van der Waals surface area contributed by atoms with Crippen LogP contribution >= 0.6 is 22.9 Å². The number of thiazole rings is 1. The Kier molecular flexibility index (Phi) is 4.90. The largest absolute Gasteiger partial charge is 0.496 e. The molecule has 1 N–H and O–H groups in total. The van der Waals surface area contributed by atoms with Crippen LogP contribution in [0.2, 0.25) is 5.02 Å². The van der Waals surface area contributed by atoms with E-state index in [4.69, 9.17) is 16.3 Å². The second kappa shape index (κ2) is 7.26. The molecule has 3 rings (SSSR count). The lowest BCUT2D eigenvalue weighted by Crippen LogP contribution is -1.91. The van der Waals surface area contributed by atoms with Gasteiger partial charge in [0.1, 0.15) is 5.75 Å². The minimum atomic E-state index is 0.705. The number of rotatable bonds is 5. The zero-order chi connectivity index (χ0) is 16.1. The Balaban J connectivity index is 1.71. The fourth-order valence-corrected chi connectivity index (χ4v) is 2.80. The predicted molar refractivity (Wildman–Crippen MR) is 96.8 cm³/mol. The Labute approximate surface area is 143 Å². The molecule has 0 saturated carbocycles. The van der Waals surface area contributed by atoms with Gasteiger partial charge in [-0.1, -0.05) is 35.9 Å². The minimum absolute atomic E-state index is 0.705. The van der Waals surface area contributed by atoms with Crippen LogP contribution in [0.3, 0.4) is 0 Å². The molecule has 0 saturated heterocycles. The van der Waals surface area contributed by atoms with Crippen molar-refractivity contribution in [3.63, 3.8) is 0 Å². The highest BCUT2D eigenvalue weighted by Gasteiger charge is 2.08. The first-order chi connectivity index (χ1) is 11.3. The van der Waals surface area contributed by atoms with Crippen LogP contribution in [0.4, 0.5) is 5.13 Å². The van der Waals surface area contributed by atoms with E-state index >= 15 is 0 Å². The van der Waals surface area contributed by atoms with Gasteiger partial charge in [-0.25, -0.2) is 4.98 Å². The van der Waals surface area contributed by atoms with Gasteiger partial charge >= 0.3 is 0 Å². The number of nitrogens with zero attached hydrogens (tertiary/aromatic N) is 2. The van der Waals surface area contributed by atoms with Crippen LogP contribution in [-0.2, 0) is 0 Å². The van der Waals surface area contributed by atoms with E-state index in [1.54, 1.807) is 13.3 Å². The van der Waals surface area contributed by atoms with Gasteiger partial charge in [-0.05, 0) is 29.8 Å². The molecule has 0 amide bonds. The summed E-state index contributed by atoms with van der Waals surface area (Å²) in [6.07, 6.45) is 1.72. The maximum absolute atomic E-state index is 5.85. The molecule has 6 heteroatoms. The number of benzene rings is 2. The van der Waals surface area contributed by atoms with E-state index in [2.05, 4.69) is 15.5 Å². The lowest BCUT2D eigenvalue weighted by atomic mass is 10.1. The second-order valence-electron chi connectivity index (χ2n) is 4.66. The number of anilines is 1.